The van der Waals surface area contributed by atoms with Gasteiger partial charge in [-0.05, 0) is 59.2 Å². The number of aromatic nitrogens is 3. The third-order valence-corrected chi connectivity index (χ3v) is 6.23. The molecule has 0 saturated carbocycles. The zero-order valence-electron chi connectivity index (χ0n) is 18.7. The fourth-order valence-electron chi connectivity index (χ4n) is 4.75. The molecule has 6 rings (SSSR count). The first-order valence-corrected chi connectivity index (χ1v) is 11.3. The number of hydrogen-bond donors (Lipinski definition) is 1. The van der Waals surface area contributed by atoms with Gasteiger partial charge < -0.3 is 14.6 Å². The average Bonchev–Trinajstić information content (AvgIpc) is 3.15. The molecule has 0 spiro atoms. The van der Waals surface area contributed by atoms with E-state index < -0.39 is 0 Å². The van der Waals surface area contributed by atoms with Crippen molar-refractivity contribution in [2.24, 2.45) is 0 Å². The Bertz CT molecular complexity index is 1550. The monoisotopic (exact) mass is 464 g/mol. The Hall–Kier alpha value is -4.52. The first kappa shape index (κ1) is 21.0. The van der Waals surface area contributed by atoms with Crippen molar-refractivity contribution < 1.29 is 13.9 Å². The molecule has 1 amide bonds. The molecule has 3 aromatic carbocycles. The van der Waals surface area contributed by atoms with Gasteiger partial charge in [-0.1, -0.05) is 30.3 Å². The van der Waals surface area contributed by atoms with E-state index in [0.29, 0.717) is 18.7 Å². The molecule has 0 bridgehead atoms. The Morgan fingerprint density at radius 2 is 1.83 bits per heavy atom. The summed E-state index contributed by atoms with van der Waals surface area (Å²) >= 11 is 0. The van der Waals surface area contributed by atoms with Crippen molar-refractivity contribution in [1.29, 1.82) is 0 Å². The molecular formula is C28H21FN4O2. The number of benzene rings is 3. The number of carbonyl (C=O) groups is 1. The summed E-state index contributed by atoms with van der Waals surface area (Å²) < 4.78 is 21.8. The average molecular weight is 465 g/mol. The van der Waals surface area contributed by atoms with Crippen molar-refractivity contribution in [3.63, 3.8) is 0 Å². The van der Waals surface area contributed by atoms with Crippen LogP contribution in [0.2, 0.25) is 0 Å². The molecule has 1 aliphatic heterocycles. The lowest BCUT2D eigenvalue weighted by molar-refractivity contribution is -0.116. The van der Waals surface area contributed by atoms with Crippen molar-refractivity contribution in [3.8, 4) is 11.8 Å². The molecule has 0 fully saturated rings. The van der Waals surface area contributed by atoms with E-state index >= 15 is 0 Å². The topological polar surface area (TPSA) is 69.0 Å². The Balaban J connectivity index is 1.44. The molecule has 7 heteroatoms. The zero-order chi connectivity index (χ0) is 23.8. The molecule has 6 nitrogen and oxygen atoms in total. The van der Waals surface area contributed by atoms with Gasteiger partial charge in [0.25, 0.3) is 0 Å². The minimum atomic E-state index is -0.259. The van der Waals surface area contributed by atoms with Crippen LogP contribution in [-0.4, -0.2) is 20.4 Å². The highest BCUT2D eigenvalue weighted by atomic mass is 19.1. The minimum Gasteiger partial charge on any atom is -0.424 e. The van der Waals surface area contributed by atoms with Crippen LogP contribution < -0.4 is 10.1 Å². The molecule has 0 unspecified atom stereocenters. The van der Waals surface area contributed by atoms with Gasteiger partial charge in [0.05, 0.1) is 11.2 Å². The molecule has 0 saturated heterocycles. The molecule has 2 aromatic heterocycles. The largest absolute Gasteiger partial charge is 0.424 e. The van der Waals surface area contributed by atoms with Gasteiger partial charge in [0, 0.05) is 42.9 Å². The van der Waals surface area contributed by atoms with E-state index in [1.165, 1.54) is 6.07 Å². The van der Waals surface area contributed by atoms with Gasteiger partial charge >= 0.3 is 6.01 Å². The van der Waals surface area contributed by atoms with Gasteiger partial charge in [-0.2, -0.15) is 0 Å². The second-order valence-electron chi connectivity index (χ2n) is 8.55. The molecule has 3 heterocycles. The van der Waals surface area contributed by atoms with Crippen LogP contribution in [0.1, 0.15) is 29.0 Å². The van der Waals surface area contributed by atoms with E-state index in [4.69, 9.17) is 4.74 Å². The van der Waals surface area contributed by atoms with Gasteiger partial charge in [0.1, 0.15) is 11.6 Å². The molecule has 1 N–H and O–H groups in total. The van der Waals surface area contributed by atoms with Crippen LogP contribution in [0.4, 0.5) is 10.1 Å². The molecule has 1 aliphatic rings. The maximum atomic E-state index is 13.8. The predicted octanol–water partition coefficient (Wildman–Crippen LogP) is 5.89. The second kappa shape index (κ2) is 8.68. The quantitative estimate of drug-likeness (QED) is 0.352. The summed E-state index contributed by atoms with van der Waals surface area (Å²) in [6, 6.07) is 22.2. The summed E-state index contributed by atoms with van der Waals surface area (Å²) in [7, 11) is 0. The van der Waals surface area contributed by atoms with Gasteiger partial charge in [-0.25, -0.2) is 14.4 Å². The minimum absolute atomic E-state index is 0.0481. The molecular weight excluding hydrogens is 443 g/mol. The number of amides is 1. The van der Waals surface area contributed by atoms with Gasteiger partial charge in [0.2, 0.25) is 5.91 Å². The lowest BCUT2D eigenvalue weighted by Crippen LogP contribution is -2.14. The standard InChI is InChI=1S/C28H21FN4O2/c29-20-7-1-5-18(13-20)16-33-17-23-22(15-26(34)32-24-9-3-10-25(33)27(23)24)19-6-2-8-21(14-19)35-28-30-11-4-12-31-28/h1-14,17,22H,15-16H2,(H,32,34)/t22-/m0/s1. The van der Waals surface area contributed by atoms with Gasteiger partial charge in [0.15, 0.2) is 0 Å². The van der Waals surface area contributed by atoms with Crippen LogP contribution >= 0.6 is 0 Å². The van der Waals surface area contributed by atoms with E-state index in [-0.39, 0.29) is 23.7 Å². The van der Waals surface area contributed by atoms with Crippen LogP contribution in [-0.2, 0) is 11.3 Å². The zero-order valence-corrected chi connectivity index (χ0v) is 18.7. The number of rotatable bonds is 5. The Morgan fingerprint density at radius 1 is 1.00 bits per heavy atom. The van der Waals surface area contributed by atoms with Crippen LogP contribution in [0.15, 0.2) is 91.4 Å². The van der Waals surface area contributed by atoms with E-state index in [0.717, 1.165) is 33.3 Å². The summed E-state index contributed by atoms with van der Waals surface area (Å²) in [6.07, 6.45) is 5.62. The first-order chi connectivity index (χ1) is 17.1. The Kier molecular flexibility index (Phi) is 5.22. The summed E-state index contributed by atoms with van der Waals surface area (Å²) in [5.41, 5.74) is 4.63. The van der Waals surface area contributed by atoms with Crippen molar-refractivity contribution in [1.82, 2.24) is 14.5 Å². The molecule has 1 atom stereocenters. The normalized spacial score (nSPS) is 15.0. The first-order valence-electron chi connectivity index (χ1n) is 11.3. The number of nitrogens with one attached hydrogen (secondary N) is 1. The highest BCUT2D eigenvalue weighted by Crippen LogP contribution is 2.41. The molecule has 0 aliphatic carbocycles. The van der Waals surface area contributed by atoms with Crippen LogP contribution in [0.25, 0.3) is 10.9 Å². The smallest absolute Gasteiger partial charge is 0.321 e. The summed E-state index contributed by atoms with van der Waals surface area (Å²) in [6.45, 7) is 0.521. The maximum Gasteiger partial charge on any atom is 0.321 e. The van der Waals surface area contributed by atoms with Crippen molar-refractivity contribution in [2.75, 3.05) is 5.32 Å². The highest BCUT2D eigenvalue weighted by molar-refractivity contribution is 6.06. The van der Waals surface area contributed by atoms with Crippen LogP contribution in [0, 0.1) is 5.82 Å². The molecule has 172 valence electrons. The summed E-state index contributed by atoms with van der Waals surface area (Å²) in [5, 5.41) is 4.06. The molecule has 0 radical (unpaired) electrons. The number of carbonyl (C=O) groups excluding carboxylic acids is 1. The van der Waals surface area contributed by atoms with E-state index in [2.05, 4.69) is 26.0 Å². The number of hydrogen-bond acceptors (Lipinski definition) is 4. The summed E-state index contributed by atoms with van der Waals surface area (Å²) in [5.74, 6) is 0.107. The third kappa shape index (κ3) is 4.12. The second-order valence-corrected chi connectivity index (χ2v) is 8.55. The lowest BCUT2D eigenvalue weighted by Gasteiger charge is -2.15. The van der Waals surface area contributed by atoms with Crippen LogP contribution in [0.5, 0.6) is 11.8 Å². The van der Waals surface area contributed by atoms with Crippen molar-refractivity contribution >= 4 is 22.5 Å². The number of anilines is 1. The Labute approximate surface area is 201 Å². The van der Waals surface area contributed by atoms with Gasteiger partial charge in [-0.15, -0.1) is 0 Å². The fraction of sp³-hybridized carbons (Fsp3) is 0.107. The lowest BCUT2D eigenvalue weighted by atomic mass is 9.88. The Morgan fingerprint density at radius 3 is 2.69 bits per heavy atom. The van der Waals surface area contributed by atoms with Crippen molar-refractivity contribution in [2.45, 2.75) is 18.9 Å². The third-order valence-electron chi connectivity index (χ3n) is 6.23. The van der Waals surface area contributed by atoms with E-state index in [1.54, 1.807) is 30.6 Å². The van der Waals surface area contributed by atoms with Gasteiger partial charge in [-0.3, -0.25) is 4.79 Å². The number of nitrogens with zero attached hydrogens (tertiary/aromatic N) is 3. The summed E-state index contributed by atoms with van der Waals surface area (Å²) in [4.78, 5) is 21.1. The fourth-order valence-corrected chi connectivity index (χ4v) is 4.75. The predicted molar refractivity (Wildman–Crippen MR) is 131 cm³/mol. The van der Waals surface area contributed by atoms with Crippen LogP contribution in [0.3, 0.4) is 0 Å². The maximum absolute atomic E-state index is 13.8. The SMILES string of the molecule is O=C1C[C@@H](c2cccc(Oc3ncccn3)c2)c2cn(Cc3cccc(F)c3)c3cccc(c23)N1. The number of halogens is 1. The molecule has 35 heavy (non-hydrogen) atoms. The highest BCUT2D eigenvalue weighted by Gasteiger charge is 2.28. The van der Waals surface area contributed by atoms with Crippen molar-refractivity contribution in [3.05, 3.63) is 114 Å². The number of ether oxygens (including phenoxy) is 1. The van der Waals surface area contributed by atoms with E-state index in [1.807, 2.05) is 48.5 Å². The van der Waals surface area contributed by atoms with E-state index in [9.17, 15) is 9.18 Å². The molecule has 5 aromatic rings.